The lowest BCUT2D eigenvalue weighted by molar-refractivity contribution is -0.144. The van der Waals surface area contributed by atoms with E-state index in [4.69, 9.17) is 14.0 Å². The summed E-state index contributed by atoms with van der Waals surface area (Å²) in [7, 11) is -0.761. The first-order valence-electron chi connectivity index (χ1n) is 8.58. The Morgan fingerprint density at radius 3 is 2.23 bits per heavy atom. The summed E-state index contributed by atoms with van der Waals surface area (Å²) in [4.78, 5) is 11.5. The molecule has 26 heavy (non-hydrogen) atoms. The molecule has 1 saturated heterocycles. The zero-order valence-electron chi connectivity index (χ0n) is 15.7. The van der Waals surface area contributed by atoms with E-state index in [1.165, 1.54) is 12.1 Å². The van der Waals surface area contributed by atoms with Crippen molar-refractivity contribution < 1.29 is 32.0 Å². The molecule has 0 atom stereocenters. The molecule has 0 saturated carbocycles. The van der Waals surface area contributed by atoms with Crippen molar-refractivity contribution in [2.45, 2.75) is 64.8 Å². The number of carbonyl (C=O) groups excluding carboxylic acids is 1. The standard InChI is InChI=1S/C18H24BF3O4/c1-6-24-15(23)10-7-12-11-13(8-9-14(12)18(20,21)22)19-25-16(2,3)17(4,5)26-19/h8-9,11H,6-7,10H2,1-5H3. The number of ether oxygens (including phenoxy) is 1. The fraction of sp³-hybridized carbons (Fsp3) is 0.611. The molecule has 0 aliphatic carbocycles. The van der Waals surface area contributed by atoms with Gasteiger partial charge in [-0.25, -0.2) is 0 Å². The summed E-state index contributed by atoms with van der Waals surface area (Å²) in [6.45, 7) is 9.34. The van der Waals surface area contributed by atoms with Crippen molar-refractivity contribution >= 4 is 18.6 Å². The van der Waals surface area contributed by atoms with Crippen molar-refractivity contribution in [1.29, 1.82) is 0 Å². The fourth-order valence-corrected chi connectivity index (χ4v) is 2.69. The molecule has 1 fully saturated rings. The zero-order chi connectivity index (χ0) is 19.8. The number of rotatable bonds is 5. The van der Waals surface area contributed by atoms with Crippen molar-refractivity contribution in [3.05, 3.63) is 29.3 Å². The van der Waals surface area contributed by atoms with Crippen molar-refractivity contribution in [1.82, 2.24) is 0 Å². The molecular weight excluding hydrogens is 348 g/mol. The van der Waals surface area contributed by atoms with Crippen molar-refractivity contribution in [3.63, 3.8) is 0 Å². The minimum absolute atomic E-state index is 0.0257. The molecule has 1 aromatic carbocycles. The predicted molar refractivity (Wildman–Crippen MR) is 92.1 cm³/mol. The Balaban J connectivity index is 2.30. The van der Waals surface area contributed by atoms with E-state index in [1.54, 1.807) is 6.92 Å². The van der Waals surface area contributed by atoms with Crippen LogP contribution >= 0.6 is 0 Å². The third-order valence-corrected chi connectivity index (χ3v) is 4.86. The van der Waals surface area contributed by atoms with Gasteiger partial charge < -0.3 is 14.0 Å². The highest BCUT2D eigenvalue weighted by Gasteiger charge is 2.52. The minimum Gasteiger partial charge on any atom is -0.466 e. The van der Waals surface area contributed by atoms with E-state index in [1.807, 2.05) is 27.7 Å². The Bertz CT molecular complexity index is 655. The van der Waals surface area contributed by atoms with Crippen LogP contribution in [0.3, 0.4) is 0 Å². The highest BCUT2D eigenvalue weighted by Crippen LogP contribution is 2.37. The summed E-state index contributed by atoms with van der Waals surface area (Å²) in [6.07, 6.45) is -4.69. The van der Waals surface area contributed by atoms with Gasteiger partial charge in [-0.3, -0.25) is 4.79 Å². The van der Waals surface area contributed by atoms with E-state index >= 15 is 0 Å². The maximum atomic E-state index is 13.3. The summed E-state index contributed by atoms with van der Waals surface area (Å²) in [5.74, 6) is -0.526. The van der Waals surface area contributed by atoms with Crippen LogP contribution in [-0.4, -0.2) is 30.9 Å². The number of benzene rings is 1. The molecular formula is C18H24BF3O4. The second-order valence-electron chi connectivity index (χ2n) is 7.31. The van der Waals surface area contributed by atoms with Crippen LogP contribution in [-0.2, 0) is 31.4 Å². The van der Waals surface area contributed by atoms with Gasteiger partial charge >= 0.3 is 19.3 Å². The van der Waals surface area contributed by atoms with E-state index in [2.05, 4.69) is 0 Å². The van der Waals surface area contributed by atoms with Gasteiger partial charge in [0.05, 0.1) is 23.4 Å². The Kier molecular flexibility index (Phi) is 5.78. The Hall–Kier alpha value is -1.54. The van der Waals surface area contributed by atoms with Gasteiger partial charge in [-0.1, -0.05) is 18.2 Å². The third kappa shape index (κ3) is 4.41. The lowest BCUT2D eigenvalue weighted by Gasteiger charge is -2.32. The topological polar surface area (TPSA) is 44.8 Å². The van der Waals surface area contributed by atoms with Crippen molar-refractivity contribution in [2.24, 2.45) is 0 Å². The number of aryl methyl sites for hydroxylation is 1. The molecule has 1 aromatic rings. The van der Waals surface area contributed by atoms with Crippen LogP contribution in [0.15, 0.2) is 18.2 Å². The first-order valence-corrected chi connectivity index (χ1v) is 8.58. The first-order chi connectivity index (χ1) is 11.9. The molecule has 144 valence electrons. The van der Waals surface area contributed by atoms with Gasteiger partial charge in [-0.05, 0) is 52.1 Å². The largest absolute Gasteiger partial charge is 0.494 e. The fourth-order valence-electron chi connectivity index (χ4n) is 2.69. The number of hydrogen-bond donors (Lipinski definition) is 0. The molecule has 1 aliphatic heterocycles. The summed E-state index contributed by atoms with van der Waals surface area (Å²) in [5, 5.41) is 0. The summed E-state index contributed by atoms with van der Waals surface area (Å²) < 4.78 is 56.5. The Morgan fingerprint density at radius 1 is 1.15 bits per heavy atom. The van der Waals surface area contributed by atoms with Crippen LogP contribution in [0.4, 0.5) is 13.2 Å². The molecule has 1 aliphatic rings. The number of hydrogen-bond acceptors (Lipinski definition) is 4. The van der Waals surface area contributed by atoms with Gasteiger partial charge in [-0.15, -0.1) is 0 Å². The normalized spacial score (nSPS) is 18.8. The Labute approximate surface area is 152 Å². The maximum absolute atomic E-state index is 13.3. The van der Waals surface area contributed by atoms with Crippen LogP contribution in [0.5, 0.6) is 0 Å². The van der Waals surface area contributed by atoms with E-state index in [0.29, 0.717) is 5.46 Å². The molecule has 8 heteroatoms. The third-order valence-electron chi connectivity index (χ3n) is 4.86. The van der Waals surface area contributed by atoms with Gasteiger partial charge in [0.1, 0.15) is 0 Å². The van der Waals surface area contributed by atoms with Crippen molar-refractivity contribution in [2.75, 3.05) is 6.61 Å². The van der Waals surface area contributed by atoms with Gasteiger partial charge in [0.2, 0.25) is 0 Å². The molecule has 2 rings (SSSR count). The lowest BCUT2D eigenvalue weighted by atomic mass is 9.77. The predicted octanol–water partition coefficient (Wildman–Crippen LogP) is 3.50. The minimum atomic E-state index is -4.50. The summed E-state index contributed by atoms with van der Waals surface area (Å²) >= 11 is 0. The molecule has 0 unspecified atom stereocenters. The van der Waals surface area contributed by atoms with E-state index in [0.717, 1.165) is 6.07 Å². The maximum Gasteiger partial charge on any atom is 0.494 e. The number of halogens is 3. The molecule has 0 radical (unpaired) electrons. The highest BCUT2D eigenvalue weighted by atomic mass is 19.4. The molecule has 0 spiro atoms. The van der Waals surface area contributed by atoms with Gasteiger partial charge in [0.15, 0.2) is 0 Å². The first kappa shape index (κ1) is 20.8. The molecule has 0 N–H and O–H groups in total. The zero-order valence-corrected chi connectivity index (χ0v) is 15.7. The second-order valence-corrected chi connectivity index (χ2v) is 7.31. The van der Waals surface area contributed by atoms with Crippen LogP contribution in [0.25, 0.3) is 0 Å². The lowest BCUT2D eigenvalue weighted by Crippen LogP contribution is -2.41. The number of alkyl halides is 3. The monoisotopic (exact) mass is 372 g/mol. The van der Waals surface area contributed by atoms with Crippen LogP contribution < -0.4 is 5.46 Å². The average molecular weight is 372 g/mol. The van der Waals surface area contributed by atoms with Crippen LogP contribution in [0, 0.1) is 0 Å². The van der Waals surface area contributed by atoms with Gasteiger partial charge in [-0.2, -0.15) is 13.2 Å². The van der Waals surface area contributed by atoms with E-state index in [9.17, 15) is 18.0 Å². The SMILES string of the molecule is CCOC(=O)CCc1cc(B2OC(C)(C)C(C)(C)O2)ccc1C(F)(F)F. The number of carbonyl (C=O) groups is 1. The molecule has 0 aromatic heterocycles. The number of esters is 1. The van der Waals surface area contributed by atoms with Crippen LogP contribution in [0.2, 0.25) is 0 Å². The summed E-state index contributed by atoms with van der Waals surface area (Å²) in [5.41, 5.74) is -1.42. The molecule has 1 heterocycles. The molecule has 0 bridgehead atoms. The van der Waals surface area contributed by atoms with Crippen LogP contribution in [0.1, 0.15) is 52.2 Å². The molecule has 0 amide bonds. The van der Waals surface area contributed by atoms with Gasteiger partial charge in [0, 0.05) is 6.42 Å². The van der Waals surface area contributed by atoms with Crippen molar-refractivity contribution in [3.8, 4) is 0 Å². The smallest absolute Gasteiger partial charge is 0.466 e. The highest BCUT2D eigenvalue weighted by molar-refractivity contribution is 6.62. The average Bonchev–Trinajstić information content (AvgIpc) is 2.72. The summed E-state index contributed by atoms with van der Waals surface area (Å²) in [6, 6.07) is 3.78. The van der Waals surface area contributed by atoms with E-state index in [-0.39, 0.29) is 25.0 Å². The quantitative estimate of drug-likeness (QED) is 0.586. The van der Waals surface area contributed by atoms with E-state index < -0.39 is 36.0 Å². The molecule has 4 nitrogen and oxygen atoms in total. The Morgan fingerprint density at radius 2 is 1.73 bits per heavy atom. The van der Waals surface area contributed by atoms with Gasteiger partial charge in [0.25, 0.3) is 0 Å². The second kappa shape index (κ2) is 7.23.